The van der Waals surface area contributed by atoms with Gasteiger partial charge in [0.15, 0.2) is 11.5 Å². The number of amides is 2. The van der Waals surface area contributed by atoms with Crippen molar-refractivity contribution in [1.82, 2.24) is 10.2 Å². The van der Waals surface area contributed by atoms with E-state index in [1.807, 2.05) is 51.1 Å². The van der Waals surface area contributed by atoms with Gasteiger partial charge in [0.2, 0.25) is 28.6 Å². The number of sulfonamides is 1. The molecular formula is C25H33N3O6S. The highest BCUT2D eigenvalue weighted by Crippen LogP contribution is 2.36. The first-order valence-electron chi connectivity index (χ1n) is 11.7. The van der Waals surface area contributed by atoms with E-state index in [1.165, 1.54) is 11.8 Å². The van der Waals surface area contributed by atoms with Crippen LogP contribution >= 0.6 is 0 Å². The number of benzene rings is 2. The Hall–Kier alpha value is -3.27. The fourth-order valence-corrected chi connectivity index (χ4v) is 4.89. The molecule has 2 aromatic carbocycles. The fraction of sp³-hybridized carbons (Fsp3) is 0.440. The summed E-state index contributed by atoms with van der Waals surface area (Å²) >= 11 is 0. The molecule has 0 spiro atoms. The molecule has 0 saturated carbocycles. The molecular weight excluding hydrogens is 470 g/mol. The molecule has 0 aromatic heterocycles. The molecule has 190 valence electrons. The molecule has 1 aliphatic rings. The van der Waals surface area contributed by atoms with E-state index in [2.05, 4.69) is 5.32 Å². The van der Waals surface area contributed by atoms with E-state index < -0.39 is 28.5 Å². The minimum absolute atomic E-state index is 0.0479. The number of fused-ring (bicyclic) bond motifs is 1. The van der Waals surface area contributed by atoms with Gasteiger partial charge in [0.1, 0.15) is 12.6 Å². The number of carbonyl (C=O) groups excluding carboxylic acids is 2. The molecule has 0 fully saturated rings. The quantitative estimate of drug-likeness (QED) is 0.506. The number of anilines is 1. The van der Waals surface area contributed by atoms with E-state index in [0.29, 0.717) is 23.6 Å². The molecule has 9 nitrogen and oxygen atoms in total. The summed E-state index contributed by atoms with van der Waals surface area (Å²) in [6.45, 7) is 6.82. The number of nitrogens with zero attached hydrogens (tertiary/aromatic N) is 2. The number of nitrogens with one attached hydrogen (secondary N) is 1. The van der Waals surface area contributed by atoms with Crippen molar-refractivity contribution in [3.63, 3.8) is 0 Å². The maximum Gasteiger partial charge on any atom is 0.244 e. The van der Waals surface area contributed by atoms with E-state index in [-0.39, 0.29) is 31.0 Å². The van der Waals surface area contributed by atoms with Gasteiger partial charge in [0.05, 0.1) is 11.4 Å². The minimum atomic E-state index is -3.81. The van der Waals surface area contributed by atoms with Crippen LogP contribution < -0.4 is 19.1 Å². The Morgan fingerprint density at radius 2 is 1.71 bits per heavy atom. The summed E-state index contributed by atoms with van der Waals surface area (Å²) in [4.78, 5) is 28.1. The van der Waals surface area contributed by atoms with Gasteiger partial charge in [-0.2, -0.15) is 0 Å². The number of rotatable bonds is 11. The van der Waals surface area contributed by atoms with E-state index in [9.17, 15) is 18.0 Å². The van der Waals surface area contributed by atoms with Gasteiger partial charge in [-0.05, 0) is 44.9 Å². The Kier molecular flexibility index (Phi) is 8.61. The number of carbonyl (C=O) groups is 2. The van der Waals surface area contributed by atoms with Crippen molar-refractivity contribution >= 4 is 27.5 Å². The molecule has 3 rings (SSSR count). The Morgan fingerprint density at radius 1 is 1.03 bits per heavy atom. The van der Waals surface area contributed by atoms with Crippen molar-refractivity contribution < 1.29 is 27.5 Å². The summed E-state index contributed by atoms with van der Waals surface area (Å²) in [6, 6.07) is 13.2. The standard InChI is InChI=1S/C25H33N3O6S/c1-5-21(25(30)26-18(3)4)27(15-19-10-8-7-9-11-19)24(29)16-28(35(31,32)6-2)20-12-13-22-23(14-20)34-17-33-22/h7-14,18,21H,5-6,15-17H2,1-4H3,(H,26,30)/t21-/m1/s1. The number of hydrogen-bond acceptors (Lipinski definition) is 6. The van der Waals surface area contributed by atoms with E-state index in [0.717, 1.165) is 9.87 Å². The first kappa shape index (κ1) is 26.3. The van der Waals surface area contributed by atoms with Crippen LogP contribution in [0, 0.1) is 0 Å². The molecule has 0 unspecified atom stereocenters. The molecule has 0 radical (unpaired) electrons. The van der Waals surface area contributed by atoms with Gasteiger partial charge < -0.3 is 19.7 Å². The van der Waals surface area contributed by atoms with Crippen LogP contribution in [-0.4, -0.2) is 56.3 Å². The Labute approximate surface area is 207 Å². The van der Waals surface area contributed by atoms with Gasteiger partial charge in [0, 0.05) is 18.7 Å². The molecule has 0 aliphatic carbocycles. The summed E-state index contributed by atoms with van der Waals surface area (Å²) in [7, 11) is -3.81. The predicted molar refractivity (Wildman–Crippen MR) is 134 cm³/mol. The van der Waals surface area contributed by atoms with E-state index >= 15 is 0 Å². The number of ether oxygens (including phenoxy) is 2. The van der Waals surface area contributed by atoms with Crippen LogP contribution in [-0.2, 0) is 26.2 Å². The molecule has 1 atom stereocenters. The van der Waals surface area contributed by atoms with E-state index in [4.69, 9.17) is 9.47 Å². The second-order valence-electron chi connectivity index (χ2n) is 8.54. The van der Waals surface area contributed by atoms with Gasteiger partial charge in [-0.3, -0.25) is 13.9 Å². The lowest BCUT2D eigenvalue weighted by molar-refractivity contribution is -0.140. The van der Waals surface area contributed by atoms with Crippen molar-refractivity contribution in [2.45, 2.75) is 52.7 Å². The average molecular weight is 504 g/mol. The second-order valence-corrected chi connectivity index (χ2v) is 10.7. The largest absolute Gasteiger partial charge is 0.454 e. The molecule has 0 saturated heterocycles. The first-order chi connectivity index (χ1) is 16.7. The van der Waals surface area contributed by atoms with Crippen LogP contribution in [0.4, 0.5) is 5.69 Å². The zero-order chi connectivity index (χ0) is 25.6. The summed E-state index contributed by atoms with van der Waals surface area (Å²) in [5, 5.41) is 2.87. The molecule has 10 heteroatoms. The van der Waals surface area contributed by atoms with Crippen molar-refractivity contribution in [3.8, 4) is 11.5 Å². The summed E-state index contributed by atoms with van der Waals surface area (Å²) < 4.78 is 37.9. The lowest BCUT2D eigenvalue weighted by atomic mass is 10.1. The highest BCUT2D eigenvalue weighted by atomic mass is 32.2. The molecule has 35 heavy (non-hydrogen) atoms. The van der Waals surface area contributed by atoms with Crippen LogP contribution in [0.5, 0.6) is 11.5 Å². The third-order valence-corrected chi connectivity index (χ3v) is 7.38. The summed E-state index contributed by atoms with van der Waals surface area (Å²) in [5.41, 5.74) is 1.13. The van der Waals surface area contributed by atoms with Gasteiger partial charge in [0.25, 0.3) is 0 Å². The normalized spacial score (nSPS) is 13.4. The number of hydrogen-bond donors (Lipinski definition) is 1. The van der Waals surface area contributed by atoms with E-state index in [1.54, 1.807) is 18.2 Å². The molecule has 0 bridgehead atoms. The van der Waals surface area contributed by atoms with Crippen molar-refractivity contribution in [2.24, 2.45) is 0 Å². The van der Waals surface area contributed by atoms with Gasteiger partial charge in [-0.1, -0.05) is 37.3 Å². The topological polar surface area (TPSA) is 105 Å². The molecule has 1 N–H and O–H groups in total. The zero-order valence-corrected chi connectivity index (χ0v) is 21.4. The minimum Gasteiger partial charge on any atom is -0.454 e. The Balaban J connectivity index is 1.96. The smallest absolute Gasteiger partial charge is 0.244 e. The third kappa shape index (κ3) is 6.45. The van der Waals surface area contributed by atoms with Crippen LogP contribution in [0.3, 0.4) is 0 Å². The maximum absolute atomic E-state index is 13.7. The lowest BCUT2D eigenvalue weighted by Gasteiger charge is -2.33. The lowest BCUT2D eigenvalue weighted by Crippen LogP contribution is -2.53. The monoisotopic (exact) mass is 503 g/mol. The Morgan fingerprint density at radius 3 is 2.34 bits per heavy atom. The molecule has 2 amide bonds. The highest BCUT2D eigenvalue weighted by molar-refractivity contribution is 7.92. The summed E-state index contributed by atoms with van der Waals surface area (Å²) in [6.07, 6.45) is 0.377. The second kappa shape index (κ2) is 11.4. The first-order valence-corrected chi connectivity index (χ1v) is 13.3. The zero-order valence-electron chi connectivity index (χ0n) is 20.6. The van der Waals surface area contributed by atoms with Crippen LogP contribution in [0.15, 0.2) is 48.5 Å². The molecule has 1 heterocycles. The maximum atomic E-state index is 13.7. The fourth-order valence-electron chi connectivity index (χ4n) is 3.84. The molecule has 1 aliphatic heterocycles. The van der Waals surface area contributed by atoms with Gasteiger partial charge in [-0.15, -0.1) is 0 Å². The third-order valence-electron chi connectivity index (χ3n) is 5.64. The van der Waals surface area contributed by atoms with Crippen LogP contribution in [0.2, 0.25) is 0 Å². The molecule has 2 aromatic rings. The Bertz CT molecular complexity index is 1140. The summed E-state index contributed by atoms with van der Waals surface area (Å²) in [5.74, 6) is -0.0291. The average Bonchev–Trinajstić information content (AvgIpc) is 3.30. The van der Waals surface area contributed by atoms with Crippen LogP contribution in [0.25, 0.3) is 0 Å². The predicted octanol–water partition coefficient (Wildman–Crippen LogP) is 2.90. The van der Waals surface area contributed by atoms with Crippen molar-refractivity contribution in [2.75, 3.05) is 23.4 Å². The highest BCUT2D eigenvalue weighted by Gasteiger charge is 2.33. The van der Waals surface area contributed by atoms with Crippen LogP contribution in [0.1, 0.15) is 39.7 Å². The van der Waals surface area contributed by atoms with Gasteiger partial charge >= 0.3 is 0 Å². The SMILES string of the molecule is CC[C@H](C(=O)NC(C)C)N(Cc1ccccc1)C(=O)CN(c1ccc2c(c1)OCO2)S(=O)(=O)CC. The van der Waals surface area contributed by atoms with Gasteiger partial charge in [-0.25, -0.2) is 8.42 Å². The van der Waals surface area contributed by atoms with Crippen molar-refractivity contribution in [3.05, 3.63) is 54.1 Å². The van der Waals surface area contributed by atoms with Crippen molar-refractivity contribution in [1.29, 1.82) is 0 Å².